The smallest absolute Gasteiger partial charge is 0.116 e. The number of hydrogen-bond donors (Lipinski definition) is 0. The lowest BCUT2D eigenvalue weighted by Gasteiger charge is -2.18. The Balaban J connectivity index is 0.000000573. The molecule has 19 heavy (non-hydrogen) atoms. The maximum absolute atomic E-state index is 8.81. The number of aldehydes is 1. The number of rotatable bonds is 3. The molecule has 2 rings (SSSR count). The highest BCUT2D eigenvalue weighted by molar-refractivity contribution is 5.44. The Morgan fingerprint density at radius 2 is 1.63 bits per heavy atom. The lowest BCUT2D eigenvalue weighted by molar-refractivity contribution is -0.106. The molecule has 0 bridgehead atoms. The molecule has 1 fully saturated rings. The van der Waals surface area contributed by atoms with E-state index in [1.165, 1.54) is 44.6 Å². The minimum absolute atomic E-state index is 0.750. The van der Waals surface area contributed by atoms with Crippen LogP contribution in [0.1, 0.15) is 58.9 Å². The third-order valence-corrected chi connectivity index (χ3v) is 3.61. The zero-order chi connectivity index (χ0) is 14.5. The van der Waals surface area contributed by atoms with Crippen LogP contribution in [0.5, 0.6) is 0 Å². The van der Waals surface area contributed by atoms with Crippen LogP contribution in [-0.2, 0) is 11.2 Å². The van der Waals surface area contributed by atoms with Crippen molar-refractivity contribution in [3.8, 4) is 0 Å². The van der Waals surface area contributed by atoms with Crippen molar-refractivity contribution in [3.05, 3.63) is 35.9 Å². The molecule has 1 aliphatic carbocycles. The fourth-order valence-electron chi connectivity index (χ4n) is 2.68. The van der Waals surface area contributed by atoms with Gasteiger partial charge in [0, 0.05) is 0 Å². The van der Waals surface area contributed by atoms with Gasteiger partial charge in [-0.05, 0) is 30.7 Å². The predicted molar refractivity (Wildman–Crippen MR) is 84.4 cm³/mol. The molecule has 0 radical (unpaired) electrons. The van der Waals surface area contributed by atoms with Crippen LogP contribution in [0.2, 0.25) is 0 Å². The van der Waals surface area contributed by atoms with Crippen LogP contribution in [0.3, 0.4) is 0 Å². The summed E-state index contributed by atoms with van der Waals surface area (Å²) in [5.41, 5.74) is 1.51. The summed E-state index contributed by atoms with van der Waals surface area (Å²) in [5.74, 6) is 1.87. The molecule has 1 aliphatic rings. The van der Waals surface area contributed by atoms with E-state index >= 15 is 0 Å². The fourth-order valence-corrected chi connectivity index (χ4v) is 2.68. The van der Waals surface area contributed by atoms with E-state index in [9.17, 15) is 0 Å². The van der Waals surface area contributed by atoms with Crippen molar-refractivity contribution in [1.29, 1.82) is 0 Å². The van der Waals surface area contributed by atoms with Gasteiger partial charge in [-0.3, -0.25) is 0 Å². The molecule has 1 atom stereocenters. The molecule has 0 amide bonds. The second-order valence-corrected chi connectivity index (χ2v) is 4.95. The minimum Gasteiger partial charge on any atom is -0.304 e. The van der Waals surface area contributed by atoms with Crippen molar-refractivity contribution < 1.29 is 4.79 Å². The summed E-state index contributed by atoms with van der Waals surface area (Å²) >= 11 is 0. The number of hydrogen-bond acceptors (Lipinski definition) is 1. The monoisotopic (exact) mass is 262 g/mol. The van der Waals surface area contributed by atoms with Gasteiger partial charge in [0.2, 0.25) is 0 Å². The van der Waals surface area contributed by atoms with Crippen molar-refractivity contribution in [3.63, 3.8) is 0 Å². The third-order valence-electron chi connectivity index (χ3n) is 3.61. The van der Waals surface area contributed by atoms with E-state index in [-0.39, 0.29) is 0 Å². The topological polar surface area (TPSA) is 17.1 Å². The Kier molecular flexibility index (Phi) is 11.3. The highest BCUT2D eigenvalue weighted by Gasteiger charge is 2.21. The fraction of sp³-hybridized carbons (Fsp3) is 0.611. The van der Waals surface area contributed by atoms with Gasteiger partial charge in [0.1, 0.15) is 6.29 Å². The first kappa shape index (κ1) is 17.9. The first-order chi connectivity index (χ1) is 9.27. The summed E-state index contributed by atoms with van der Waals surface area (Å²) in [4.78, 5) is 8.81. The highest BCUT2D eigenvalue weighted by atomic mass is 16.1. The van der Waals surface area contributed by atoms with Gasteiger partial charge in [0.05, 0.1) is 0 Å². The number of benzene rings is 1. The van der Waals surface area contributed by atoms with Gasteiger partial charge in [0.25, 0.3) is 0 Å². The Morgan fingerprint density at radius 1 is 1.16 bits per heavy atom. The van der Waals surface area contributed by atoms with E-state index in [1.807, 2.05) is 13.8 Å². The average molecular weight is 262 g/mol. The van der Waals surface area contributed by atoms with E-state index in [0.29, 0.717) is 0 Å². The molecule has 1 aromatic rings. The SMILES string of the molecule is CC.CC=O.C[C@@H](Cc1ccccc1)C1CCCC1. The molecular formula is C18H30O. The van der Waals surface area contributed by atoms with Gasteiger partial charge >= 0.3 is 0 Å². The zero-order valence-corrected chi connectivity index (χ0v) is 13.1. The molecule has 0 saturated heterocycles. The van der Waals surface area contributed by atoms with Crippen LogP contribution in [-0.4, -0.2) is 6.29 Å². The first-order valence-electron chi connectivity index (χ1n) is 7.71. The molecular weight excluding hydrogens is 232 g/mol. The van der Waals surface area contributed by atoms with Crippen LogP contribution < -0.4 is 0 Å². The number of carbonyl (C=O) groups excluding carboxylic acids is 1. The average Bonchev–Trinajstić information content (AvgIpc) is 2.97. The normalized spacial score (nSPS) is 15.6. The molecule has 0 aliphatic heterocycles. The Labute approximate surface area is 119 Å². The molecule has 1 nitrogen and oxygen atoms in total. The maximum Gasteiger partial charge on any atom is 0.116 e. The van der Waals surface area contributed by atoms with Gasteiger partial charge in [0.15, 0.2) is 0 Å². The third kappa shape index (κ3) is 7.81. The van der Waals surface area contributed by atoms with Gasteiger partial charge in [-0.15, -0.1) is 0 Å². The van der Waals surface area contributed by atoms with Crippen molar-refractivity contribution in [2.45, 2.75) is 59.8 Å². The lowest BCUT2D eigenvalue weighted by Crippen LogP contribution is -2.10. The van der Waals surface area contributed by atoms with Crippen LogP contribution >= 0.6 is 0 Å². The molecule has 1 heteroatoms. The largest absolute Gasteiger partial charge is 0.304 e. The molecule has 1 saturated carbocycles. The molecule has 0 heterocycles. The Morgan fingerprint density at radius 3 is 2.11 bits per heavy atom. The van der Waals surface area contributed by atoms with E-state index in [1.54, 1.807) is 0 Å². The summed E-state index contributed by atoms with van der Waals surface area (Å²) in [7, 11) is 0. The molecule has 108 valence electrons. The molecule has 0 unspecified atom stereocenters. The standard InChI is InChI=1S/C14H20.C2H4O.C2H6/c1-12(14-9-5-6-10-14)11-13-7-3-2-4-8-13;1-2-3;1-2/h2-4,7-8,12,14H,5-6,9-11H2,1H3;2H,1H3;1-2H3/t12-;;/m0../s1. The summed E-state index contributed by atoms with van der Waals surface area (Å²) in [6.07, 6.45) is 7.88. The van der Waals surface area contributed by atoms with Crippen LogP contribution in [0.4, 0.5) is 0 Å². The van der Waals surface area contributed by atoms with Crippen molar-refractivity contribution in [1.82, 2.24) is 0 Å². The van der Waals surface area contributed by atoms with Gasteiger partial charge in [-0.2, -0.15) is 0 Å². The van der Waals surface area contributed by atoms with E-state index in [0.717, 1.165) is 18.1 Å². The zero-order valence-electron chi connectivity index (χ0n) is 13.1. The molecule has 0 spiro atoms. The van der Waals surface area contributed by atoms with Gasteiger partial charge in [-0.1, -0.05) is 76.8 Å². The molecule has 1 aromatic carbocycles. The number of carbonyl (C=O) groups is 1. The first-order valence-corrected chi connectivity index (χ1v) is 7.71. The second kappa shape index (κ2) is 12.0. The quantitative estimate of drug-likeness (QED) is 0.677. The minimum atomic E-state index is 0.750. The van der Waals surface area contributed by atoms with Crippen LogP contribution in [0.15, 0.2) is 30.3 Å². The van der Waals surface area contributed by atoms with E-state index < -0.39 is 0 Å². The summed E-state index contributed by atoms with van der Waals surface area (Å²) < 4.78 is 0. The van der Waals surface area contributed by atoms with Crippen molar-refractivity contribution in [2.24, 2.45) is 11.8 Å². The maximum atomic E-state index is 8.81. The van der Waals surface area contributed by atoms with Crippen LogP contribution in [0.25, 0.3) is 0 Å². The van der Waals surface area contributed by atoms with Crippen LogP contribution in [0, 0.1) is 11.8 Å². The lowest BCUT2D eigenvalue weighted by atomic mass is 9.87. The Bertz CT molecular complexity index is 299. The predicted octanol–water partition coefficient (Wildman–Crippen LogP) is 5.29. The summed E-state index contributed by atoms with van der Waals surface area (Å²) in [6, 6.07) is 10.9. The van der Waals surface area contributed by atoms with Crippen molar-refractivity contribution >= 4 is 6.29 Å². The Hall–Kier alpha value is -1.11. The molecule has 0 N–H and O–H groups in total. The molecule has 0 aromatic heterocycles. The van der Waals surface area contributed by atoms with Crippen molar-refractivity contribution in [2.75, 3.05) is 0 Å². The van der Waals surface area contributed by atoms with E-state index in [2.05, 4.69) is 37.3 Å². The highest BCUT2D eigenvalue weighted by Crippen LogP contribution is 2.32. The second-order valence-electron chi connectivity index (χ2n) is 4.95. The summed E-state index contributed by atoms with van der Waals surface area (Å²) in [5, 5.41) is 0. The van der Waals surface area contributed by atoms with Gasteiger partial charge < -0.3 is 4.79 Å². The van der Waals surface area contributed by atoms with Gasteiger partial charge in [-0.25, -0.2) is 0 Å². The van der Waals surface area contributed by atoms with E-state index in [4.69, 9.17) is 4.79 Å². The summed E-state index contributed by atoms with van der Waals surface area (Å²) in [6.45, 7) is 7.86.